The highest BCUT2D eigenvalue weighted by atomic mass is 32.2. The molecular formula is C16H22N2O2S. The average molecular weight is 306 g/mol. The van der Waals surface area contributed by atoms with Crippen molar-refractivity contribution in [1.29, 1.82) is 0 Å². The molecule has 0 fully saturated rings. The number of aryl methyl sites for hydroxylation is 2. The van der Waals surface area contributed by atoms with Crippen molar-refractivity contribution in [2.75, 3.05) is 5.75 Å². The Morgan fingerprint density at radius 2 is 1.90 bits per heavy atom. The van der Waals surface area contributed by atoms with Gasteiger partial charge < -0.3 is 14.9 Å². The van der Waals surface area contributed by atoms with Crippen molar-refractivity contribution in [2.24, 2.45) is 5.73 Å². The van der Waals surface area contributed by atoms with E-state index in [0.717, 1.165) is 28.5 Å². The maximum atomic E-state index is 6.21. The molecule has 0 spiro atoms. The number of nitrogens with zero attached hydrogens (tertiary/aromatic N) is 1. The smallest absolute Gasteiger partial charge is 0.256 e. The summed E-state index contributed by atoms with van der Waals surface area (Å²) in [7, 11) is 0. The summed E-state index contributed by atoms with van der Waals surface area (Å²) < 4.78 is 11.2. The molecule has 0 amide bonds. The molecule has 5 heteroatoms. The molecular weight excluding hydrogens is 284 g/mol. The summed E-state index contributed by atoms with van der Waals surface area (Å²) in [6, 6.07) is 7.87. The quantitative estimate of drug-likeness (QED) is 0.821. The van der Waals surface area contributed by atoms with E-state index in [1.54, 1.807) is 0 Å². The summed E-state index contributed by atoms with van der Waals surface area (Å²) in [4.78, 5) is 4.34. The lowest BCUT2D eigenvalue weighted by Gasteiger charge is -2.13. The van der Waals surface area contributed by atoms with Gasteiger partial charge in [-0.1, -0.05) is 23.9 Å². The standard InChI is InChI=1S/C16H22N2O2S/c1-10(2)19-14-7-5-13(6-8-14)15(17)9-21-16-18-11(3)12(4)20-16/h5-8,10,15H,9,17H2,1-4H3. The minimum absolute atomic E-state index is 0.0596. The van der Waals surface area contributed by atoms with E-state index in [-0.39, 0.29) is 12.1 Å². The number of rotatable bonds is 6. The van der Waals surface area contributed by atoms with Gasteiger partial charge in [-0.25, -0.2) is 4.98 Å². The molecule has 0 saturated heterocycles. The van der Waals surface area contributed by atoms with E-state index in [2.05, 4.69) is 4.98 Å². The van der Waals surface area contributed by atoms with Crippen molar-refractivity contribution < 1.29 is 9.15 Å². The van der Waals surface area contributed by atoms with Crippen LogP contribution in [0.25, 0.3) is 0 Å². The highest BCUT2D eigenvalue weighted by Gasteiger charge is 2.11. The third kappa shape index (κ3) is 4.51. The molecule has 0 aliphatic rings. The molecule has 1 atom stereocenters. The highest BCUT2D eigenvalue weighted by molar-refractivity contribution is 7.99. The first kappa shape index (κ1) is 15.9. The minimum Gasteiger partial charge on any atom is -0.491 e. The van der Waals surface area contributed by atoms with Gasteiger partial charge >= 0.3 is 0 Å². The van der Waals surface area contributed by atoms with E-state index in [4.69, 9.17) is 14.9 Å². The fourth-order valence-corrected chi connectivity index (χ4v) is 2.73. The Hall–Kier alpha value is -1.46. The van der Waals surface area contributed by atoms with Gasteiger partial charge in [0.2, 0.25) is 0 Å². The van der Waals surface area contributed by atoms with E-state index < -0.39 is 0 Å². The monoisotopic (exact) mass is 306 g/mol. The number of hydrogen-bond acceptors (Lipinski definition) is 5. The Morgan fingerprint density at radius 3 is 2.43 bits per heavy atom. The van der Waals surface area contributed by atoms with Crippen molar-refractivity contribution in [3.63, 3.8) is 0 Å². The Kier molecular flexibility index (Phi) is 5.31. The number of ether oxygens (including phenoxy) is 1. The van der Waals surface area contributed by atoms with Crippen LogP contribution in [0.15, 0.2) is 33.9 Å². The summed E-state index contributed by atoms with van der Waals surface area (Å²) in [5, 5.41) is 0.681. The third-order valence-electron chi connectivity index (χ3n) is 3.08. The SMILES string of the molecule is Cc1nc(SCC(N)c2ccc(OC(C)C)cc2)oc1C. The van der Waals surface area contributed by atoms with Crippen LogP contribution in [-0.2, 0) is 0 Å². The zero-order valence-corrected chi connectivity index (χ0v) is 13.7. The average Bonchev–Trinajstić information content (AvgIpc) is 2.75. The van der Waals surface area contributed by atoms with Crippen LogP contribution in [-0.4, -0.2) is 16.8 Å². The van der Waals surface area contributed by atoms with Crippen molar-refractivity contribution in [2.45, 2.75) is 45.1 Å². The first-order valence-electron chi connectivity index (χ1n) is 7.04. The van der Waals surface area contributed by atoms with Crippen LogP contribution in [0.1, 0.15) is 36.9 Å². The van der Waals surface area contributed by atoms with Gasteiger partial charge in [-0.2, -0.15) is 0 Å². The van der Waals surface area contributed by atoms with Crippen molar-refractivity contribution in [3.8, 4) is 5.75 Å². The molecule has 1 unspecified atom stereocenters. The van der Waals surface area contributed by atoms with Gasteiger partial charge in [-0.3, -0.25) is 0 Å². The molecule has 114 valence electrons. The lowest BCUT2D eigenvalue weighted by atomic mass is 10.1. The predicted octanol–water partition coefficient (Wildman–Crippen LogP) is 3.87. The lowest BCUT2D eigenvalue weighted by molar-refractivity contribution is 0.242. The van der Waals surface area contributed by atoms with Gasteiger partial charge in [0.1, 0.15) is 11.5 Å². The fraction of sp³-hybridized carbons (Fsp3) is 0.438. The normalized spacial score (nSPS) is 12.7. The Bertz CT molecular complexity index is 559. The molecule has 2 N–H and O–H groups in total. The summed E-state index contributed by atoms with van der Waals surface area (Å²) in [5.41, 5.74) is 8.22. The van der Waals surface area contributed by atoms with Crippen LogP contribution in [0.5, 0.6) is 5.75 Å². The van der Waals surface area contributed by atoms with Gasteiger partial charge in [0.05, 0.1) is 11.8 Å². The zero-order chi connectivity index (χ0) is 15.4. The minimum atomic E-state index is -0.0596. The molecule has 1 heterocycles. The van der Waals surface area contributed by atoms with Gasteiger partial charge in [-0.15, -0.1) is 0 Å². The molecule has 2 aromatic rings. The fourth-order valence-electron chi connectivity index (χ4n) is 1.83. The van der Waals surface area contributed by atoms with Crippen molar-refractivity contribution >= 4 is 11.8 Å². The second-order valence-electron chi connectivity index (χ2n) is 5.27. The molecule has 0 aliphatic heterocycles. The van der Waals surface area contributed by atoms with E-state index in [1.807, 2.05) is 52.0 Å². The number of nitrogens with two attached hydrogens (primary N) is 1. The maximum absolute atomic E-state index is 6.21. The Labute approximate surface area is 130 Å². The van der Waals surface area contributed by atoms with Crippen LogP contribution in [0.2, 0.25) is 0 Å². The molecule has 0 saturated carbocycles. The van der Waals surface area contributed by atoms with E-state index in [0.29, 0.717) is 5.22 Å². The Morgan fingerprint density at radius 1 is 1.24 bits per heavy atom. The van der Waals surface area contributed by atoms with E-state index in [9.17, 15) is 0 Å². The summed E-state index contributed by atoms with van der Waals surface area (Å²) in [6.45, 7) is 7.88. The number of benzene rings is 1. The zero-order valence-electron chi connectivity index (χ0n) is 12.9. The molecule has 21 heavy (non-hydrogen) atoms. The number of aromatic nitrogens is 1. The number of hydrogen-bond donors (Lipinski definition) is 1. The van der Waals surface area contributed by atoms with Gasteiger partial charge in [0.25, 0.3) is 5.22 Å². The van der Waals surface area contributed by atoms with Gasteiger partial charge in [0, 0.05) is 11.8 Å². The maximum Gasteiger partial charge on any atom is 0.256 e. The first-order chi connectivity index (χ1) is 9.95. The number of oxazole rings is 1. The first-order valence-corrected chi connectivity index (χ1v) is 8.03. The molecule has 0 radical (unpaired) electrons. The molecule has 0 aliphatic carbocycles. The molecule has 1 aromatic heterocycles. The van der Waals surface area contributed by atoms with Crippen LogP contribution in [0.4, 0.5) is 0 Å². The summed E-state index contributed by atoms with van der Waals surface area (Å²) >= 11 is 1.54. The lowest BCUT2D eigenvalue weighted by Crippen LogP contribution is -2.13. The van der Waals surface area contributed by atoms with Crippen LogP contribution in [0, 0.1) is 13.8 Å². The van der Waals surface area contributed by atoms with E-state index in [1.165, 1.54) is 11.8 Å². The second kappa shape index (κ2) is 7.00. The highest BCUT2D eigenvalue weighted by Crippen LogP contribution is 2.25. The summed E-state index contributed by atoms with van der Waals surface area (Å²) in [6.07, 6.45) is 0.177. The molecule has 0 bridgehead atoms. The Balaban J connectivity index is 1.92. The van der Waals surface area contributed by atoms with Crippen LogP contribution < -0.4 is 10.5 Å². The molecule has 1 aromatic carbocycles. The van der Waals surface area contributed by atoms with Crippen molar-refractivity contribution in [3.05, 3.63) is 41.3 Å². The largest absolute Gasteiger partial charge is 0.491 e. The third-order valence-corrected chi connectivity index (χ3v) is 4.02. The van der Waals surface area contributed by atoms with Crippen molar-refractivity contribution in [1.82, 2.24) is 4.98 Å². The van der Waals surface area contributed by atoms with E-state index >= 15 is 0 Å². The molecule has 2 rings (SSSR count). The van der Waals surface area contributed by atoms with Gasteiger partial charge in [-0.05, 0) is 45.4 Å². The predicted molar refractivity (Wildman–Crippen MR) is 85.8 cm³/mol. The number of thioether (sulfide) groups is 1. The molecule has 4 nitrogen and oxygen atoms in total. The van der Waals surface area contributed by atoms with Crippen LogP contribution in [0.3, 0.4) is 0 Å². The summed E-state index contributed by atoms with van der Waals surface area (Å²) in [5.74, 6) is 2.46. The topological polar surface area (TPSA) is 61.3 Å². The van der Waals surface area contributed by atoms with Crippen LogP contribution >= 0.6 is 11.8 Å². The van der Waals surface area contributed by atoms with Gasteiger partial charge in [0.15, 0.2) is 0 Å². The second-order valence-corrected chi connectivity index (χ2v) is 6.25.